The molecule has 1 aliphatic rings. The van der Waals surface area contributed by atoms with Gasteiger partial charge in [-0.05, 0) is 24.3 Å². The average Bonchev–Trinajstić information content (AvgIpc) is 2.64. The van der Waals surface area contributed by atoms with E-state index in [0.29, 0.717) is 0 Å². The molecule has 0 atom stereocenters. The Kier molecular flexibility index (Phi) is 7.70. The Morgan fingerprint density at radius 2 is 1.38 bits per heavy atom. The summed E-state index contributed by atoms with van der Waals surface area (Å²) in [7, 11) is 0. The molecular weight excluding hydrogens is 337 g/mol. The monoisotopic (exact) mass is 369 g/mol. The van der Waals surface area contributed by atoms with Crippen molar-refractivity contribution in [2.24, 2.45) is 0 Å². The zero-order valence-corrected chi connectivity index (χ0v) is 17.3. The molecule has 0 N–H and O–H groups in total. The van der Waals surface area contributed by atoms with E-state index in [0.717, 1.165) is 52.5 Å². The largest absolute Gasteiger partial charge is 0.378 e. The number of hydrogen-bond donors (Lipinski definition) is 0. The van der Waals surface area contributed by atoms with Crippen molar-refractivity contribution in [2.75, 3.05) is 57.4 Å². The van der Waals surface area contributed by atoms with E-state index < -0.39 is 6.34 Å². The molecule has 1 heterocycles. The molecule has 0 saturated carbocycles. The maximum absolute atomic E-state index is 6.34. The van der Waals surface area contributed by atoms with Gasteiger partial charge >= 0.3 is 0 Å². The molecule has 1 saturated heterocycles. The predicted molar refractivity (Wildman–Crippen MR) is 109 cm³/mol. The first-order valence-electron chi connectivity index (χ1n) is 9.15. The lowest BCUT2D eigenvalue weighted by molar-refractivity contribution is 0.122. The molecule has 0 unspecified atom stereocenters. The quantitative estimate of drug-likeness (QED) is 0.654. The predicted octanol–water partition coefficient (Wildman–Crippen LogP) is 3.14. The lowest BCUT2D eigenvalue weighted by Gasteiger charge is -2.42. The highest BCUT2D eigenvalue weighted by molar-refractivity contribution is 8.15. The molecule has 6 heteroatoms. The molecule has 0 spiro atoms. The molecule has 2 rings (SSSR count). The maximum Gasteiger partial charge on any atom is 0.106 e. The number of anilines is 1. The van der Waals surface area contributed by atoms with Crippen LogP contribution in [0.4, 0.5) is 5.69 Å². The van der Waals surface area contributed by atoms with Crippen molar-refractivity contribution >= 4 is 29.1 Å². The van der Waals surface area contributed by atoms with Crippen LogP contribution in [0, 0.1) is 0 Å². The lowest BCUT2D eigenvalue weighted by Crippen LogP contribution is -2.38. The molecule has 136 valence electrons. The first kappa shape index (κ1) is 19.9. The summed E-state index contributed by atoms with van der Waals surface area (Å²) in [6.45, 7) is 16.4. The highest BCUT2D eigenvalue weighted by atomic mass is 32.4. The van der Waals surface area contributed by atoms with Gasteiger partial charge in [0.25, 0.3) is 0 Å². The molecule has 4 nitrogen and oxygen atoms in total. The summed E-state index contributed by atoms with van der Waals surface area (Å²) in [4.78, 5) is 2.39. The third kappa shape index (κ3) is 4.03. The average molecular weight is 370 g/mol. The van der Waals surface area contributed by atoms with E-state index in [1.54, 1.807) is 0 Å². The van der Waals surface area contributed by atoms with Crippen LogP contribution in [0.5, 0.6) is 0 Å². The van der Waals surface area contributed by atoms with Crippen molar-refractivity contribution in [1.82, 2.24) is 9.34 Å². The molecule has 0 aromatic heterocycles. The minimum absolute atomic E-state index is 0.818. The van der Waals surface area contributed by atoms with Gasteiger partial charge in [-0.1, -0.05) is 39.5 Å². The van der Waals surface area contributed by atoms with Crippen LogP contribution in [-0.2, 0) is 16.5 Å². The van der Waals surface area contributed by atoms with Gasteiger partial charge in [0, 0.05) is 50.3 Å². The third-order valence-electron chi connectivity index (χ3n) is 4.79. The summed E-state index contributed by atoms with van der Waals surface area (Å²) < 4.78 is 10.4. The van der Waals surface area contributed by atoms with Gasteiger partial charge in [-0.15, -0.1) is 0 Å². The number of hydrogen-bond acceptors (Lipinski definition) is 3. The third-order valence-corrected chi connectivity index (χ3v) is 10.4. The highest BCUT2D eigenvalue weighted by Gasteiger charge is 2.31. The molecule has 1 aliphatic heterocycles. The zero-order chi connectivity index (χ0) is 17.6. The fraction of sp³-hybridized carbons (Fsp3) is 0.667. The molecule has 0 aliphatic carbocycles. The van der Waals surface area contributed by atoms with Crippen molar-refractivity contribution in [3.8, 4) is 0 Å². The van der Waals surface area contributed by atoms with E-state index in [1.807, 2.05) is 0 Å². The second-order valence-electron chi connectivity index (χ2n) is 5.94. The molecule has 0 amide bonds. The van der Waals surface area contributed by atoms with E-state index in [1.165, 1.54) is 11.0 Å². The van der Waals surface area contributed by atoms with Crippen molar-refractivity contribution in [2.45, 2.75) is 27.7 Å². The standard InChI is InChI=1S/C18H32N3OPS/c1-5-20(6-2)23(24,21(7-3)8-4)18-11-9-17(10-12-18)19-13-15-22-16-14-19/h9-12H,5-8,13-16H2,1-4H3. The van der Waals surface area contributed by atoms with E-state index in [2.05, 4.69) is 66.2 Å². The van der Waals surface area contributed by atoms with Crippen LogP contribution in [0.25, 0.3) is 0 Å². The topological polar surface area (TPSA) is 19.0 Å². The first-order chi connectivity index (χ1) is 11.6. The van der Waals surface area contributed by atoms with Crippen LogP contribution < -0.4 is 10.2 Å². The summed E-state index contributed by atoms with van der Waals surface area (Å²) in [5, 5.41) is 1.31. The van der Waals surface area contributed by atoms with Gasteiger partial charge in [0.05, 0.1) is 13.2 Å². The zero-order valence-electron chi connectivity index (χ0n) is 15.6. The Morgan fingerprint density at radius 1 is 0.917 bits per heavy atom. The number of ether oxygens (including phenoxy) is 1. The molecular formula is C18H32N3OPS. The second kappa shape index (κ2) is 9.30. The number of benzene rings is 1. The summed E-state index contributed by atoms with van der Waals surface area (Å²) in [6.07, 6.45) is -1.90. The van der Waals surface area contributed by atoms with Crippen molar-refractivity contribution < 1.29 is 4.74 Å². The normalized spacial score (nSPS) is 16.2. The van der Waals surface area contributed by atoms with Crippen LogP contribution in [0.15, 0.2) is 24.3 Å². The summed E-state index contributed by atoms with van der Waals surface area (Å²) in [6, 6.07) is 9.02. The van der Waals surface area contributed by atoms with Gasteiger partial charge in [-0.3, -0.25) is 9.34 Å². The second-order valence-corrected chi connectivity index (χ2v) is 10.2. The van der Waals surface area contributed by atoms with Crippen LogP contribution in [0.1, 0.15) is 27.7 Å². The number of nitrogens with zero attached hydrogens (tertiary/aromatic N) is 3. The van der Waals surface area contributed by atoms with Gasteiger partial charge < -0.3 is 9.64 Å². The van der Waals surface area contributed by atoms with E-state index in [9.17, 15) is 0 Å². The van der Waals surface area contributed by atoms with Crippen LogP contribution in [0.2, 0.25) is 0 Å². The Labute approximate surface area is 152 Å². The van der Waals surface area contributed by atoms with Gasteiger partial charge in [0.15, 0.2) is 0 Å². The molecule has 1 fully saturated rings. The molecule has 0 bridgehead atoms. The van der Waals surface area contributed by atoms with Gasteiger partial charge in [0.2, 0.25) is 0 Å². The Hall–Kier alpha value is -0.450. The molecule has 1 aromatic rings. The van der Waals surface area contributed by atoms with Crippen molar-refractivity contribution in [1.29, 1.82) is 0 Å². The van der Waals surface area contributed by atoms with Crippen LogP contribution >= 0.6 is 6.34 Å². The minimum Gasteiger partial charge on any atom is -0.378 e. The fourth-order valence-corrected chi connectivity index (χ4v) is 8.23. The first-order valence-corrected chi connectivity index (χ1v) is 11.9. The Bertz CT molecular complexity index is 522. The Morgan fingerprint density at radius 3 is 1.79 bits per heavy atom. The smallest absolute Gasteiger partial charge is 0.106 e. The van der Waals surface area contributed by atoms with Gasteiger partial charge in [0.1, 0.15) is 6.34 Å². The fourth-order valence-electron chi connectivity index (χ4n) is 3.40. The van der Waals surface area contributed by atoms with Crippen molar-refractivity contribution in [3.63, 3.8) is 0 Å². The SMILES string of the molecule is CCN(CC)P(=S)(c1ccc(N2CCOCC2)cc1)N(CC)CC. The summed E-state index contributed by atoms with van der Waals surface area (Å²) in [5.41, 5.74) is 1.28. The molecule has 0 radical (unpaired) electrons. The van der Waals surface area contributed by atoms with Crippen molar-refractivity contribution in [3.05, 3.63) is 24.3 Å². The van der Waals surface area contributed by atoms with E-state index >= 15 is 0 Å². The number of rotatable bonds is 8. The lowest BCUT2D eigenvalue weighted by atomic mass is 10.2. The van der Waals surface area contributed by atoms with E-state index in [-0.39, 0.29) is 0 Å². The van der Waals surface area contributed by atoms with Gasteiger partial charge in [-0.2, -0.15) is 0 Å². The van der Waals surface area contributed by atoms with Gasteiger partial charge in [-0.25, -0.2) is 0 Å². The van der Waals surface area contributed by atoms with Crippen LogP contribution in [-0.4, -0.2) is 61.8 Å². The summed E-state index contributed by atoms with van der Waals surface area (Å²) >= 11 is 6.34. The minimum atomic E-state index is -1.90. The van der Waals surface area contributed by atoms with Crippen LogP contribution in [0.3, 0.4) is 0 Å². The highest BCUT2D eigenvalue weighted by Crippen LogP contribution is 2.52. The maximum atomic E-state index is 6.34. The molecule has 1 aromatic carbocycles. The summed E-state index contributed by atoms with van der Waals surface area (Å²) in [5.74, 6) is 0. The number of morpholine rings is 1. The Balaban J connectivity index is 2.34. The van der Waals surface area contributed by atoms with E-state index in [4.69, 9.17) is 16.5 Å². The molecule has 24 heavy (non-hydrogen) atoms.